The number of aliphatic imine (C=N–C) groups is 1. The molecule has 0 aromatic carbocycles. The molecule has 1 aromatic heterocycles. The number of rotatable bonds is 6. The molecular formula is C18H33IN6. The molecule has 0 saturated carbocycles. The van der Waals surface area contributed by atoms with Gasteiger partial charge in [-0.15, -0.1) is 24.0 Å². The van der Waals surface area contributed by atoms with E-state index in [1.54, 1.807) is 0 Å². The summed E-state index contributed by atoms with van der Waals surface area (Å²) in [7, 11) is 2.17. The fraction of sp³-hybridized carbons (Fsp3) is 0.667. The number of anilines is 1. The average Bonchev–Trinajstić information content (AvgIpc) is 2.61. The van der Waals surface area contributed by atoms with Crippen LogP contribution in [0.4, 0.5) is 5.82 Å². The molecule has 1 aromatic rings. The van der Waals surface area contributed by atoms with E-state index in [9.17, 15) is 0 Å². The monoisotopic (exact) mass is 460 g/mol. The predicted molar refractivity (Wildman–Crippen MR) is 117 cm³/mol. The Bertz CT molecular complexity index is 511. The normalized spacial score (nSPS) is 17.0. The summed E-state index contributed by atoms with van der Waals surface area (Å²) in [5.74, 6) is 1.94. The third-order valence-corrected chi connectivity index (χ3v) is 4.40. The first-order chi connectivity index (χ1) is 11.6. The van der Waals surface area contributed by atoms with E-state index in [0.29, 0.717) is 12.6 Å². The van der Waals surface area contributed by atoms with E-state index >= 15 is 0 Å². The molecular weight excluding hydrogens is 427 g/mol. The van der Waals surface area contributed by atoms with Crippen molar-refractivity contribution in [3.63, 3.8) is 0 Å². The zero-order valence-electron chi connectivity index (χ0n) is 16.0. The van der Waals surface area contributed by atoms with Crippen molar-refractivity contribution >= 4 is 35.8 Å². The molecule has 1 fully saturated rings. The molecule has 0 bridgehead atoms. The van der Waals surface area contributed by atoms with Gasteiger partial charge in [-0.2, -0.15) is 0 Å². The van der Waals surface area contributed by atoms with Gasteiger partial charge in [0.2, 0.25) is 0 Å². The number of nitrogens with one attached hydrogen (secondary N) is 2. The van der Waals surface area contributed by atoms with Crippen LogP contribution in [0.25, 0.3) is 0 Å². The molecule has 0 amide bonds. The predicted octanol–water partition coefficient (Wildman–Crippen LogP) is 2.31. The number of piperazine rings is 1. The summed E-state index contributed by atoms with van der Waals surface area (Å²) in [6.45, 7) is 12.2. The largest absolute Gasteiger partial charge is 0.357 e. The summed E-state index contributed by atoms with van der Waals surface area (Å²) >= 11 is 0. The summed E-state index contributed by atoms with van der Waals surface area (Å²) in [6.07, 6.45) is 3.02. The van der Waals surface area contributed by atoms with Gasteiger partial charge in [-0.05, 0) is 38.9 Å². The average molecular weight is 460 g/mol. The number of hydrogen-bond donors (Lipinski definition) is 2. The topological polar surface area (TPSA) is 55.8 Å². The van der Waals surface area contributed by atoms with E-state index in [1.807, 2.05) is 6.20 Å². The highest BCUT2D eigenvalue weighted by atomic mass is 127. The van der Waals surface area contributed by atoms with Gasteiger partial charge in [-0.25, -0.2) is 9.98 Å². The SMILES string of the molecule is CCNC(=NCc1ccc(N2CCN(C)CC2)nc1)NC(C)CC.I. The highest BCUT2D eigenvalue weighted by Gasteiger charge is 2.14. The smallest absolute Gasteiger partial charge is 0.191 e. The lowest BCUT2D eigenvalue weighted by atomic mass is 10.2. The lowest BCUT2D eigenvalue weighted by Crippen LogP contribution is -2.44. The zero-order valence-corrected chi connectivity index (χ0v) is 18.3. The van der Waals surface area contributed by atoms with Crippen LogP contribution in [0.15, 0.2) is 23.3 Å². The fourth-order valence-electron chi connectivity index (χ4n) is 2.56. The molecule has 2 heterocycles. The molecule has 6 nitrogen and oxygen atoms in total. The van der Waals surface area contributed by atoms with Crippen LogP contribution in [-0.4, -0.2) is 61.7 Å². The van der Waals surface area contributed by atoms with Crippen LogP contribution in [0.1, 0.15) is 32.8 Å². The van der Waals surface area contributed by atoms with E-state index in [0.717, 1.165) is 56.5 Å². The number of halogens is 1. The zero-order chi connectivity index (χ0) is 17.4. The second kappa shape index (κ2) is 11.5. The molecule has 142 valence electrons. The third kappa shape index (κ3) is 7.35. The molecule has 2 rings (SSSR count). The Morgan fingerprint density at radius 3 is 2.52 bits per heavy atom. The minimum absolute atomic E-state index is 0. The van der Waals surface area contributed by atoms with Crippen LogP contribution in [0.3, 0.4) is 0 Å². The Kier molecular flexibility index (Phi) is 10.1. The van der Waals surface area contributed by atoms with Crippen molar-refractivity contribution in [2.75, 3.05) is 44.7 Å². The van der Waals surface area contributed by atoms with Gasteiger partial charge in [0.15, 0.2) is 5.96 Å². The number of guanidine groups is 1. The standard InChI is InChI=1S/C18H32N6.HI/c1-5-15(3)22-18(19-6-2)21-14-16-7-8-17(20-13-16)24-11-9-23(4)10-12-24;/h7-8,13,15H,5-6,9-12,14H2,1-4H3,(H2,19,21,22);1H. The van der Waals surface area contributed by atoms with Crippen LogP contribution >= 0.6 is 24.0 Å². The Hall–Kier alpha value is -1.09. The maximum atomic E-state index is 4.66. The molecule has 1 unspecified atom stereocenters. The molecule has 1 aliphatic rings. The van der Waals surface area contributed by atoms with Crippen LogP contribution in [0.2, 0.25) is 0 Å². The summed E-state index contributed by atoms with van der Waals surface area (Å²) in [4.78, 5) is 14.0. The highest BCUT2D eigenvalue weighted by Crippen LogP contribution is 2.14. The first-order valence-electron chi connectivity index (χ1n) is 9.05. The molecule has 1 aliphatic heterocycles. The maximum Gasteiger partial charge on any atom is 0.191 e. The molecule has 7 heteroatoms. The van der Waals surface area contributed by atoms with E-state index in [2.05, 4.69) is 70.4 Å². The van der Waals surface area contributed by atoms with Crippen LogP contribution in [0, 0.1) is 0 Å². The maximum absolute atomic E-state index is 4.66. The molecule has 0 aliphatic carbocycles. The summed E-state index contributed by atoms with van der Waals surface area (Å²) < 4.78 is 0. The Labute approximate surface area is 169 Å². The van der Waals surface area contributed by atoms with Crippen molar-refractivity contribution in [1.29, 1.82) is 0 Å². The lowest BCUT2D eigenvalue weighted by molar-refractivity contribution is 0.312. The number of aromatic nitrogens is 1. The van der Waals surface area contributed by atoms with Crippen molar-refractivity contribution in [2.24, 2.45) is 4.99 Å². The van der Waals surface area contributed by atoms with E-state index in [4.69, 9.17) is 0 Å². The number of likely N-dealkylation sites (N-methyl/N-ethyl adjacent to an activating group) is 1. The van der Waals surface area contributed by atoms with Gasteiger partial charge in [0.05, 0.1) is 6.54 Å². The minimum atomic E-state index is 0. The molecule has 1 saturated heterocycles. The van der Waals surface area contributed by atoms with Crippen molar-refractivity contribution in [1.82, 2.24) is 20.5 Å². The van der Waals surface area contributed by atoms with Crippen molar-refractivity contribution in [3.05, 3.63) is 23.9 Å². The van der Waals surface area contributed by atoms with Crippen LogP contribution < -0.4 is 15.5 Å². The first-order valence-corrected chi connectivity index (χ1v) is 9.05. The van der Waals surface area contributed by atoms with Gasteiger partial charge in [0.1, 0.15) is 5.82 Å². The van der Waals surface area contributed by atoms with E-state index in [-0.39, 0.29) is 24.0 Å². The first kappa shape index (κ1) is 22.0. The van der Waals surface area contributed by atoms with Gasteiger partial charge < -0.3 is 20.4 Å². The third-order valence-electron chi connectivity index (χ3n) is 4.40. The minimum Gasteiger partial charge on any atom is -0.357 e. The lowest BCUT2D eigenvalue weighted by Gasteiger charge is -2.33. The van der Waals surface area contributed by atoms with Gasteiger partial charge in [-0.1, -0.05) is 13.0 Å². The van der Waals surface area contributed by atoms with E-state index < -0.39 is 0 Å². The summed E-state index contributed by atoms with van der Waals surface area (Å²) in [5.41, 5.74) is 1.13. The van der Waals surface area contributed by atoms with Gasteiger partial charge in [-0.3, -0.25) is 0 Å². The van der Waals surface area contributed by atoms with Gasteiger partial charge in [0, 0.05) is 45.0 Å². The highest BCUT2D eigenvalue weighted by molar-refractivity contribution is 14.0. The second-order valence-electron chi connectivity index (χ2n) is 6.46. The fourth-order valence-corrected chi connectivity index (χ4v) is 2.56. The van der Waals surface area contributed by atoms with Gasteiger partial charge >= 0.3 is 0 Å². The second-order valence-corrected chi connectivity index (χ2v) is 6.46. The molecule has 1 atom stereocenters. The van der Waals surface area contributed by atoms with Crippen LogP contribution in [-0.2, 0) is 6.54 Å². The van der Waals surface area contributed by atoms with Crippen molar-refractivity contribution < 1.29 is 0 Å². The van der Waals surface area contributed by atoms with Gasteiger partial charge in [0.25, 0.3) is 0 Å². The molecule has 25 heavy (non-hydrogen) atoms. The quantitative estimate of drug-likeness (QED) is 0.388. The van der Waals surface area contributed by atoms with Crippen LogP contribution in [0.5, 0.6) is 0 Å². The Morgan fingerprint density at radius 1 is 1.24 bits per heavy atom. The molecule has 2 N–H and O–H groups in total. The number of hydrogen-bond acceptors (Lipinski definition) is 4. The summed E-state index contributed by atoms with van der Waals surface area (Å²) in [6, 6.07) is 4.67. The van der Waals surface area contributed by atoms with Crippen molar-refractivity contribution in [3.8, 4) is 0 Å². The van der Waals surface area contributed by atoms with E-state index in [1.165, 1.54) is 0 Å². The van der Waals surface area contributed by atoms with Crippen molar-refractivity contribution in [2.45, 2.75) is 39.8 Å². The number of nitrogens with zero attached hydrogens (tertiary/aromatic N) is 4. The molecule has 0 radical (unpaired) electrons. The molecule has 0 spiro atoms. The number of pyridine rings is 1. The Morgan fingerprint density at radius 2 is 1.96 bits per heavy atom. The Balaban J connectivity index is 0.00000312. The summed E-state index contributed by atoms with van der Waals surface area (Å²) in [5, 5.41) is 6.70.